The SMILES string of the molecule is OC(CNC1CCSC1)COCc1ccco1. The van der Waals surface area contributed by atoms with E-state index in [-0.39, 0.29) is 0 Å². The van der Waals surface area contributed by atoms with Crippen LogP contribution >= 0.6 is 11.8 Å². The van der Waals surface area contributed by atoms with Gasteiger partial charge in [-0.2, -0.15) is 11.8 Å². The monoisotopic (exact) mass is 257 g/mol. The highest BCUT2D eigenvalue weighted by atomic mass is 32.2. The number of aliphatic hydroxyl groups is 1. The third-order valence-corrected chi connectivity index (χ3v) is 3.87. The summed E-state index contributed by atoms with van der Waals surface area (Å²) in [7, 11) is 0. The smallest absolute Gasteiger partial charge is 0.129 e. The second-order valence-corrected chi connectivity index (χ2v) is 5.37. The van der Waals surface area contributed by atoms with E-state index in [0.717, 1.165) is 11.5 Å². The molecule has 1 aliphatic heterocycles. The van der Waals surface area contributed by atoms with E-state index in [1.165, 1.54) is 12.2 Å². The Morgan fingerprint density at radius 3 is 3.29 bits per heavy atom. The van der Waals surface area contributed by atoms with Gasteiger partial charge in [0.05, 0.1) is 19.0 Å². The lowest BCUT2D eigenvalue weighted by Crippen LogP contribution is -2.37. The second-order valence-electron chi connectivity index (χ2n) is 4.22. The molecule has 1 aromatic rings. The summed E-state index contributed by atoms with van der Waals surface area (Å²) >= 11 is 1.96. The van der Waals surface area contributed by atoms with Crippen LogP contribution < -0.4 is 5.32 Å². The highest BCUT2D eigenvalue weighted by molar-refractivity contribution is 7.99. The van der Waals surface area contributed by atoms with E-state index in [9.17, 15) is 5.11 Å². The Hall–Kier alpha value is -0.490. The number of furan rings is 1. The van der Waals surface area contributed by atoms with E-state index in [1.807, 2.05) is 23.9 Å². The molecule has 2 rings (SSSR count). The first kappa shape index (κ1) is 13.0. The third-order valence-electron chi connectivity index (χ3n) is 2.71. The van der Waals surface area contributed by atoms with Gasteiger partial charge in [-0.15, -0.1) is 0 Å². The van der Waals surface area contributed by atoms with Crippen LogP contribution in [-0.4, -0.2) is 41.9 Å². The summed E-state index contributed by atoms with van der Waals surface area (Å²) in [4.78, 5) is 0. The normalized spacial score (nSPS) is 21.8. The molecule has 0 aliphatic carbocycles. The van der Waals surface area contributed by atoms with E-state index in [4.69, 9.17) is 9.15 Å². The molecule has 1 saturated heterocycles. The summed E-state index contributed by atoms with van der Waals surface area (Å²) in [6.07, 6.45) is 2.37. The first-order valence-electron chi connectivity index (χ1n) is 5.94. The van der Waals surface area contributed by atoms with Crippen molar-refractivity contribution in [3.05, 3.63) is 24.2 Å². The minimum Gasteiger partial charge on any atom is -0.467 e. The molecule has 17 heavy (non-hydrogen) atoms. The molecule has 2 heterocycles. The van der Waals surface area contributed by atoms with Crippen molar-refractivity contribution < 1.29 is 14.3 Å². The molecule has 96 valence electrons. The number of hydrogen-bond acceptors (Lipinski definition) is 5. The maximum absolute atomic E-state index is 9.71. The lowest BCUT2D eigenvalue weighted by molar-refractivity contribution is 0.0218. The average Bonchev–Trinajstić information content (AvgIpc) is 2.99. The van der Waals surface area contributed by atoms with E-state index >= 15 is 0 Å². The zero-order chi connectivity index (χ0) is 11.9. The maximum atomic E-state index is 9.71. The Labute approximate surface area is 106 Å². The lowest BCUT2D eigenvalue weighted by atomic mass is 10.2. The molecule has 0 saturated carbocycles. The van der Waals surface area contributed by atoms with Gasteiger partial charge in [-0.25, -0.2) is 0 Å². The predicted octanol–water partition coefficient (Wildman–Crippen LogP) is 1.25. The largest absolute Gasteiger partial charge is 0.467 e. The molecular formula is C12H19NO3S. The highest BCUT2D eigenvalue weighted by Gasteiger charge is 2.16. The van der Waals surface area contributed by atoms with Gasteiger partial charge < -0.3 is 19.6 Å². The number of thioether (sulfide) groups is 1. The van der Waals surface area contributed by atoms with Crippen LogP contribution in [0.5, 0.6) is 0 Å². The van der Waals surface area contributed by atoms with Gasteiger partial charge in [-0.1, -0.05) is 0 Å². The summed E-state index contributed by atoms with van der Waals surface area (Å²) in [6, 6.07) is 4.24. The van der Waals surface area contributed by atoms with Crippen LogP contribution in [0, 0.1) is 0 Å². The van der Waals surface area contributed by atoms with Crippen molar-refractivity contribution in [2.45, 2.75) is 25.2 Å². The minimum absolute atomic E-state index is 0.341. The van der Waals surface area contributed by atoms with Crippen LogP contribution in [0.15, 0.2) is 22.8 Å². The molecular weight excluding hydrogens is 238 g/mol. The fraction of sp³-hybridized carbons (Fsp3) is 0.667. The molecule has 0 spiro atoms. The summed E-state index contributed by atoms with van der Waals surface area (Å²) < 4.78 is 10.5. The quantitative estimate of drug-likeness (QED) is 0.770. The van der Waals surface area contributed by atoms with Gasteiger partial charge in [0.2, 0.25) is 0 Å². The van der Waals surface area contributed by atoms with E-state index in [0.29, 0.717) is 25.8 Å². The summed E-state index contributed by atoms with van der Waals surface area (Å²) in [6.45, 7) is 1.36. The van der Waals surface area contributed by atoms with Gasteiger partial charge >= 0.3 is 0 Å². The van der Waals surface area contributed by atoms with Crippen LogP contribution in [0.2, 0.25) is 0 Å². The number of hydrogen-bond donors (Lipinski definition) is 2. The van der Waals surface area contributed by atoms with Crippen molar-refractivity contribution in [2.75, 3.05) is 24.7 Å². The van der Waals surface area contributed by atoms with Gasteiger partial charge in [0.1, 0.15) is 12.4 Å². The van der Waals surface area contributed by atoms with Crippen LogP contribution in [-0.2, 0) is 11.3 Å². The van der Waals surface area contributed by atoms with E-state index in [2.05, 4.69) is 5.32 Å². The Bertz CT molecular complexity index is 299. The van der Waals surface area contributed by atoms with Crippen LogP contribution in [0.3, 0.4) is 0 Å². The summed E-state index contributed by atoms with van der Waals surface area (Å²) in [5.41, 5.74) is 0. The molecule has 5 heteroatoms. The van der Waals surface area contributed by atoms with E-state index in [1.54, 1.807) is 6.26 Å². The Morgan fingerprint density at radius 1 is 1.65 bits per heavy atom. The minimum atomic E-state index is -0.449. The number of ether oxygens (including phenoxy) is 1. The van der Waals surface area contributed by atoms with Gasteiger partial charge in [-0.05, 0) is 24.3 Å². The molecule has 2 N–H and O–H groups in total. The van der Waals surface area contributed by atoms with Crippen molar-refractivity contribution in [1.29, 1.82) is 0 Å². The van der Waals surface area contributed by atoms with Crippen molar-refractivity contribution in [3.8, 4) is 0 Å². The van der Waals surface area contributed by atoms with Gasteiger partial charge in [0, 0.05) is 18.3 Å². The second kappa shape index (κ2) is 7.06. The molecule has 0 amide bonds. The van der Waals surface area contributed by atoms with Crippen molar-refractivity contribution in [3.63, 3.8) is 0 Å². The molecule has 2 atom stereocenters. The number of rotatable bonds is 7. The molecule has 0 radical (unpaired) electrons. The van der Waals surface area contributed by atoms with Gasteiger partial charge in [-0.3, -0.25) is 0 Å². The average molecular weight is 257 g/mol. The van der Waals surface area contributed by atoms with Crippen LogP contribution in [0.1, 0.15) is 12.2 Å². The predicted molar refractivity (Wildman–Crippen MR) is 68.1 cm³/mol. The topological polar surface area (TPSA) is 54.6 Å². The Morgan fingerprint density at radius 2 is 2.59 bits per heavy atom. The molecule has 1 aliphatic rings. The molecule has 0 bridgehead atoms. The van der Waals surface area contributed by atoms with Crippen LogP contribution in [0.25, 0.3) is 0 Å². The number of nitrogens with one attached hydrogen (secondary N) is 1. The third kappa shape index (κ3) is 4.71. The zero-order valence-corrected chi connectivity index (χ0v) is 10.6. The van der Waals surface area contributed by atoms with Gasteiger partial charge in [0.15, 0.2) is 0 Å². The first-order chi connectivity index (χ1) is 8.34. The summed E-state index contributed by atoms with van der Waals surface area (Å²) in [5.74, 6) is 3.17. The fourth-order valence-corrected chi connectivity index (χ4v) is 2.93. The van der Waals surface area contributed by atoms with E-state index < -0.39 is 6.10 Å². The molecule has 0 aromatic carbocycles. The maximum Gasteiger partial charge on any atom is 0.129 e. The first-order valence-corrected chi connectivity index (χ1v) is 7.09. The lowest BCUT2D eigenvalue weighted by Gasteiger charge is -2.15. The highest BCUT2D eigenvalue weighted by Crippen LogP contribution is 2.16. The molecule has 1 aromatic heterocycles. The zero-order valence-electron chi connectivity index (χ0n) is 9.80. The van der Waals surface area contributed by atoms with Gasteiger partial charge in [0.25, 0.3) is 0 Å². The van der Waals surface area contributed by atoms with Crippen LogP contribution in [0.4, 0.5) is 0 Å². The molecule has 2 unspecified atom stereocenters. The number of aliphatic hydroxyl groups excluding tert-OH is 1. The van der Waals surface area contributed by atoms with Crippen molar-refractivity contribution in [2.24, 2.45) is 0 Å². The van der Waals surface area contributed by atoms with Crippen molar-refractivity contribution in [1.82, 2.24) is 5.32 Å². The standard InChI is InChI=1S/C12H19NO3S/c14-11(6-13-10-3-5-17-9-10)7-15-8-12-2-1-4-16-12/h1-2,4,10-11,13-14H,3,5-9H2. The summed E-state index contributed by atoms with van der Waals surface area (Å²) in [5, 5.41) is 13.1. The fourth-order valence-electron chi connectivity index (χ4n) is 1.75. The molecule has 1 fully saturated rings. The van der Waals surface area contributed by atoms with Crippen molar-refractivity contribution >= 4 is 11.8 Å². The Balaban J connectivity index is 1.52. The molecule has 4 nitrogen and oxygen atoms in total. The Kier molecular flexibility index (Phi) is 5.38.